The highest BCUT2D eigenvalue weighted by Crippen LogP contribution is 2.58. The number of fused-ring (bicyclic) bond motifs is 2. The summed E-state index contributed by atoms with van der Waals surface area (Å²) in [7, 11) is 1.76. The van der Waals surface area contributed by atoms with E-state index in [1.165, 1.54) is 67.3 Å². The van der Waals surface area contributed by atoms with Gasteiger partial charge < -0.3 is 9.84 Å². The van der Waals surface area contributed by atoms with Crippen molar-refractivity contribution in [1.29, 1.82) is 0 Å². The van der Waals surface area contributed by atoms with Crippen molar-refractivity contribution in [2.75, 3.05) is 20.2 Å². The lowest BCUT2D eigenvalue weighted by molar-refractivity contribution is -0.152. The number of hydrogen-bond acceptors (Lipinski definition) is 4. The fourth-order valence-corrected chi connectivity index (χ4v) is 8.40. The van der Waals surface area contributed by atoms with Crippen LogP contribution in [0.15, 0.2) is 18.2 Å². The highest BCUT2D eigenvalue weighted by Gasteiger charge is 2.65. The summed E-state index contributed by atoms with van der Waals surface area (Å²) in [6.45, 7) is 5.47. The van der Waals surface area contributed by atoms with Gasteiger partial charge in [-0.1, -0.05) is 25.3 Å². The van der Waals surface area contributed by atoms with Gasteiger partial charge in [0.15, 0.2) is 0 Å². The third-order valence-electron chi connectivity index (χ3n) is 10.5. The lowest BCUT2D eigenvalue weighted by Crippen LogP contribution is -2.74. The van der Waals surface area contributed by atoms with Gasteiger partial charge in [-0.2, -0.15) is 5.10 Å². The fourth-order valence-electron chi connectivity index (χ4n) is 8.40. The maximum atomic E-state index is 12.9. The maximum absolute atomic E-state index is 12.9. The maximum Gasteiger partial charge on any atom is 0.119 e. The van der Waals surface area contributed by atoms with Crippen LogP contribution < -0.4 is 4.74 Å². The molecule has 0 unspecified atom stereocenters. The third-order valence-corrected chi connectivity index (χ3v) is 10.5. The molecule has 3 fully saturated rings. The number of benzene rings is 1. The number of aromatic nitrogens is 2. The minimum atomic E-state index is -0.754. The first kappa shape index (κ1) is 22.4. The summed E-state index contributed by atoms with van der Waals surface area (Å²) in [4.78, 5) is 2.66. The molecule has 2 saturated carbocycles. The Morgan fingerprint density at radius 1 is 1.06 bits per heavy atom. The summed E-state index contributed by atoms with van der Waals surface area (Å²) in [5.41, 5.74) is 5.63. The van der Waals surface area contributed by atoms with E-state index in [1.54, 1.807) is 7.11 Å². The van der Waals surface area contributed by atoms with Crippen molar-refractivity contribution in [2.24, 2.45) is 11.8 Å². The average Bonchev–Trinajstić information content (AvgIpc) is 3.64. The molecule has 2 heterocycles. The SMILES string of the molecule is COc1ccc2c(c1)[C@]13CCN(CC4CC4)[C@H](C2)[C@]1(O)Cc1c(C)nn(CC2CCCCC2)c1C3. The molecule has 5 nitrogen and oxygen atoms in total. The number of piperidine rings is 1. The first-order valence-corrected chi connectivity index (χ1v) is 14.2. The molecular weight excluding hydrogens is 434 g/mol. The third kappa shape index (κ3) is 3.37. The van der Waals surface area contributed by atoms with E-state index in [-0.39, 0.29) is 11.5 Å². The minimum absolute atomic E-state index is 0.187. The van der Waals surface area contributed by atoms with Crippen LogP contribution in [0.4, 0.5) is 0 Å². The molecule has 0 radical (unpaired) electrons. The van der Waals surface area contributed by atoms with Gasteiger partial charge in [-0.3, -0.25) is 9.58 Å². The Morgan fingerprint density at radius 2 is 1.86 bits per heavy atom. The van der Waals surface area contributed by atoms with Crippen molar-refractivity contribution >= 4 is 0 Å². The average molecular weight is 476 g/mol. The van der Waals surface area contributed by atoms with Gasteiger partial charge in [-0.05, 0) is 92.7 Å². The van der Waals surface area contributed by atoms with Crippen LogP contribution in [0.5, 0.6) is 5.75 Å². The molecule has 5 heteroatoms. The number of ether oxygens (including phenoxy) is 1. The molecular formula is C30H41N3O2. The Hall–Kier alpha value is -1.85. The van der Waals surface area contributed by atoms with Crippen molar-refractivity contribution in [1.82, 2.24) is 14.7 Å². The van der Waals surface area contributed by atoms with Gasteiger partial charge in [-0.25, -0.2) is 0 Å². The van der Waals surface area contributed by atoms with E-state index >= 15 is 0 Å². The van der Waals surface area contributed by atoms with Crippen LogP contribution in [0.1, 0.15) is 79.4 Å². The first-order valence-electron chi connectivity index (χ1n) is 14.2. The number of likely N-dealkylation sites (tertiary alicyclic amines) is 1. The van der Waals surface area contributed by atoms with Gasteiger partial charge in [0.05, 0.1) is 18.4 Å². The zero-order valence-electron chi connectivity index (χ0n) is 21.6. The molecule has 7 rings (SSSR count). The van der Waals surface area contributed by atoms with E-state index in [0.717, 1.165) is 68.6 Å². The number of hydrogen-bond donors (Lipinski definition) is 1. The van der Waals surface area contributed by atoms with E-state index in [0.29, 0.717) is 0 Å². The second-order valence-electron chi connectivity index (χ2n) is 12.5. The molecule has 188 valence electrons. The predicted octanol–water partition coefficient (Wildman–Crippen LogP) is 4.59. The van der Waals surface area contributed by atoms with Crippen molar-refractivity contribution in [3.8, 4) is 5.75 Å². The molecule has 1 N–H and O–H groups in total. The quantitative estimate of drug-likeness (QED) is 0.687. The molecule has 1 aliphatic heterocycles. The lowest BCUT2D eigenvalue weighted by Gasteiger charge is -2.63. The summed E-state index contributed by atoms with van der Waals surface area (Å²) >= 11 is 0. The fraction of sp³-hybridized carbons (Fsp3) is 0.700. The predicted molar refractivity (Wildman–Crippen MR) is 137 cm³/mol. The number of nitrogens with zero attached hydrogens (tertiary/aromatic N) is 3. The van der Waals surface area contributed by atoms with Gasteiger partial charge in [0.1, 0.15) is 5.75 Å². The zero-order valence-corrected chi connectivity index (χ0v) is 21.6. The summed E-state index contributed by atoms with van der Waals surface area (Å²) in [5, 5.41) is 18.0. The minimum Gasteiger partial charge on any atom is -0.497 e. The number of aliphatic hydroxyl groups is 1. The Kier molecular flexibility index (Phi) is 5.16. The van der Waals surface area contributed by atoms with Gasteiger partial charge in [-0.15, -0.1) is 0 Å². The highest BCUT2D eigenvalue weighted by atomic mass is 16.5. The van der Waals surface area contributed by atoms with E-state index < -0.39 is 5.60 Å². The lowest BCUT2D eigenvalue weighted by atomic mass is 9.49. The smallest absolute Gasteiger partial charge is 0.119 e. The Bertz CT molecular complexity index is 1130. The van der Waals surface area contributed by atoms with Crippen molar-refractivity contribution in [3.63, 3.8) is 0 Å². The Labute approximate surface area is 209 Å². The monoisotopic (exact) mass is 475 g/mol. The standard InChI is InChI=1S/C30H41N3O2/c1-20-25-16-30(34)28-14-23-10-11-24(35-2)15-26(23)29(30,12-13-32(28)18-22-8-9-22)17-27(25)33(31-20)19-21-6-4-3-5-7-21/h10-11,15,21-22,28,34H,3-9,12-14,16-19H2,1-2H3/t28-,29-,30-/m1/s1. The molecule has 0 spiro atoms. The van der Waals surface area contributed by atoms with Crippen molar-refractivity contribution in [3.05, 3.63) is 46.3 Å². The van der Waals surface area contributed by atoms with Gasteiger partial charge >= 0.3 is 0 Å². The van der Waals surface area contributed by atoms with Crippen LogP contribution in [0.25, 0.3) is 0 Å². The van der Waals surface area contributed by atoms with Crippen LogP contribution in [0, 0.1) is 18.8 Å². The van der Waals surface area contributed by atoms with E-state index in [1.807, 2.05) is 0 Å². The van der Waals surface area contributed by atoms with Crippen molar-refractivity contribution in [2.45, 2.75) is 101 Å². The summed E-state index contributed by atoms with van der Waals surface area (Å²) in [5.74, 6) is 2.50. The number of aryl methyl sites for hydroxylation is 1. The summed E-state index contributed by atoms with van der Waals surface area (Å²) in [6, 6.07) is 6.84. The summed E-state index contributed by atoms with van der Waals surface area (Å²) in [6.07, 6.45) is 13.1. The molecule has 3 atom stereocenters. The molecule has 1 aromatic heterocycles. The molecule has 35 heavy (non-hydrogen) atoms. The van der Waals surface area contributed by atoms with Crippen LogP contribution in [0.2, 0.25) is 0 Å². The van der Waals surface area contributed by atoms with Crippen LogP contribution >= 0.6 is 0 Å². The Balaban J connectivity index is 1.34. The molecule has 1 saturated heterocycles. The summed E-state index contributed by atoms with van der Waals surface area (Å²) < 4.78 is 8.07. The molecule has 4 aliphatic carbocycles. The highest BCUT2D eigenvalue weighted by molar-refractivity contribution is 5.52. The Morgan fingerprint density at radius 3 is 2.63 bits per heavy atom. The van der Waals surface area contributed by atoms with Crippen LogP contribution in [-0.2, 0) is 31.2 Å². The van der Waals surface area contributed by atoms with Crippen LogP contribution in [-0.4, -0.2) is 51.6 Å². The second-order valence-corrected chi connectivity index (χ2v) is 12.5. The van der Waals surface area contributed by atoms with E-state index in [2.05, 4.69) is 34.7 Å². The zero-order chi connectivity index (χ0) is 23.8. The van der Waals surface area contributed by atoms with Gasteiger partial charge in [0, 0.05) is 43.1 Å². The van der Waals surface area contributed by atoms with Crippen LogP contribution in [0.3, 0.4) is 0 Å². The van der Waals surface area contributed by atoms with E-state index in [4.69, 9.17) is 9.84 Å². The molecule has 2 bridgehead atoms. The molecule has 1 aromatic carbocycles. The molecule has 5 aliphatic rings. The number of rotatable bonds is 5. The largest absolute Gasteiger partial charge is 0.497 e. The van der Waals surface area contributed by atoms with E-state index in [9.17, 15) is 5.11 Å². The normalized spacial score (nSPS) is 32.6. The molecule has 0 amide bonds. The van der Waals surface area contributed by atoms with Gasteiger partial charge in [0.25, 0.3) is 0 Å². The van der Waals surface area contributed by atoms with Crippen molar-refractivity contribution < 1.29 is 9.84 Å². The first-order chi connectivity index (χ1) is 17.0. The second kappa shape index (κ2) is 8.08. The number of methoxy groups -OCH3 is 1. The molecule has 2 aromatic rings. The van der Waals surface area contributed by atoms with Gasteiger partial charge in [0.2, 0.25) is 0 Å². The topological polar surface area (TPSA) is 50.5 Å².